The Morgan fingerprint density at radius 2 is 2.00 bits per heavy atom. The number of nitrogens with one attached hydrogen (secondary N) is 1. The SMILES string of the molecule is CC1(C)O[C@H]2O[C@H](CNCc3ccccc3)C[C@H]2O1. The first-order valence-corrected chi connectivity index (χ1v) is 6.88. The van der Waals surface area contributed by atoms with Crippen molar-refractivity contribution in [2.45, 2.75) is 51.1 Å². The average molecular weight is 263 g/mol. The van der Waals surface area contributed by atoms with E-state index in [1.165, 1.54) is 5.56 Å². The van der Waals surface area contributed by atoms with Crippen LogP contribution in [0.2, 0.25) is 0 Å². The zero-order valence-corrected chi connectivity index (χ0v) is 11.5. The van der Waals surface area contributed by atoms with Crippen molar-refractivity contribution in [3.8, 4) is 0 Å². The molecule has 2 fully saturated rings. The topological polar surface area (TPSA) is 39.7 Å². The van der Waals surface area contributed by atoms with E-state index in [0.717, 1.165) is 19.5 Å². The molecule has 3 atom stereocenters. The van der Waals surface area contributed by atoms with Crippen molar-refractivity contribution < 1.29 is 14.2 Å². The molecule has 1 aromatic rings. The molecule has 1 N–H and O–H groups in total. The summed E-state index contributed by atoms with van der Waals surface area (Å²) in [6.45, 7) is 5.55. The van der Waals surface area contributed by atoms with E-state index in [1.807, 2.05) is 19.9 Å². The number of ether oxygens (including phenoxy) is 3. The van der Waals surface area contributed by atoms with Crippen molar-refractivity contribution in [2.24, 2.45) is 0 Å². The van der Waals surface area contributed by atoms with Gasteiger partial charge in [0.1, 0.15) is 6.10 Å². The van der Waals surface area contributed by atoms with Crippen LogP contribution in [0.15, 0.2) is 30.3 Å². The number of hydrogen-bond donors (Lipinski definition) is 1. The Balaban J connectivity index is 1.42. The Morgan fingerprint density at radius 1 is 1.21 bits per heavy atom. The molecule has 4 nitrogen and oxygen atoms in total. The highest BCUT2D eigenvalue weighted by molar-refractivity contribution is 5.14. The van der Waals surface area contributed by atoms with Gasteiger partial charge in [-0.05, 0) is 19.4 Å². The van der Waals surface area contributed by atoms with E-state index in [1.54, 1.807) is 0 Å². The normalized spacial score (nSPS) is 32.4. The third-order valence-electron chi connectivity index (χ3n) is 3.50. The molecule has 3 rings (SSSR count). The van der Waals surface area contributed by atoms with Gasteiger partial charge in [0.25, 0.3) is 0 Å². The molecule has 0 bridgehead atoms. The van der Waals surface area contributed by atoms with E-state index < -0.39 is 5.79 Å². The Hall–Kier alpha value is -0.940. The summed E-state index contributed by atoms with van der Waals surface area (Å²) >= 11 is 0. The maximum absolute atomic E-state index is 5.85. The molecule has 2 aliphatic rings. The summed E-state index contributed by atoms with van der Waals surface area (Å²) in [5.41, 5.74) is 1.29. The lowest BCUT2D eigenvalue weighted by Gasteiger charge is -2.20. The largest absolute Gasteiger partial charge is 0.345 e. The van der Waals surface area contributed by atoms with Crippen molar-refractivity contribution in [2.75, 3.05) is 6.54 Å². The number of benzene rings is 1. The molecule has 0 spiro atoms. The van der Waals surface area contributed by atoms with Gasteiger partial charge < -0.3 is 19.5 Å². The fourth-order valence-corrected chi connectivity index (χ4v) is 2.69. The molecule has 1 aromatic carbocycles. The quantitative estimate of drug-likeness (QED) is 0.902. The Kier molecular flexibility index (Phi) is 3.58. The first-order chi connectivity index (χ1) is 9.12. The highest BCUT2D eigenvalue weighted by atomic mass is 16.8. The minimum absolute atomic E-state index is 0.0820. The van der Waals surface area contributed by atoms with Crippen LogP contribution in [0.25, 0.3) is 0 Å². The smallest absolute Gasteiger partial charge is 0.187 e. The molecule has 0 unspecified atom stereocenters. The second-order valence-electron chi connectivity index (χ2n) is 5.65. The number of fused-ring (bicyclic) bond motifs is 1. The summed E-state index contributed by atoms with van der Waals surface area (Å²) in [5, 5.41) is 3.42. The second kappa shape index (κ2) is 5.21. The monoisotopic (exact) mass is 263 g/mol. The van der Waals surface area contributed by atoms with E-state index in [4.69, 9.17) is 14.2 Å². The molecular weight excluding hydrogens is 242 g/mol. The Morgan fingerprint density at radius 3 is 2.74 bits per heavy atom. The van der Waals surface area contributed by atoms with Gasteiger partial charge in [-0.15, -0.1) is 0 Å². The molecule has 0 aliphatic carbocycles. The fourth-order valence-electron chi connectivity index (χ4n) is 2.69. The van der Waals surface area contributed by atoms with Crippen molar-refractivity contribution in [3.63, 3.8) is 0 Å². The fraction of sp³-hybridized carbons (Fsp3) is 0.600. The summed E-state index contributed by atoms with van der Waals surface area (Å²) in [4.78, 5) is 0. The Bertz CT molecular complexity index is 405. The van der Waals surface area contributed by atoms with Gasteiger partial charge in [0.05, 0.1) is 6.10 Å². The molecule has 4 heteroatoms. The summed E-state index contributed by atoms with van der Waals surface area (Å²) < 4.78 is 17.3. The van der Waals surface area contributed by atoms with Crippen LogP contribution < -0.4 is 5.32 Å². The van der Waals surface area contributed by atoms with Gasteiger partial charge in [-0.1, -0.05) is 30.3 Å². The second-order valence-corrected chi connectivity index (χ2v) is 5.65. The lowest BCUT2D eigenvalue weighted by atomic mass is 10.2. The summed E-state index contributed by atoms with van der Waals surface area (Å²) in [6.07, 6.45) is 0.961. The van der Waals surface area contributed by atoms with Gasteiger partial charge in [-0.25, -0.2) is 0 Å². The molecular formula is C15H21NO3. The van der Waals surface area contributed by atoms with Gasteiger partial charge in [-0.2, -0.15) is 0 Å². The standard InChI is InChI=1S/C15H21NO3/c1-15(2)18-13-8-12(17-14(13)19-15)10-16-9-11-6-4-3-5-7-11/h3-7,12-14,16H,8-10H2,1-2H3/t12-,13+,14+/m0/s1. The Labute approximate surface area is 114 Å². The average Bonchev–Trinajstić information content (AvgIpc) is 2.83. The molecule has 0 radical (unpaired) electrons. The maximum atomic E-state index is 5.85. The molecule has 0 saturated carbocycles. The van der Waals surface area contributed by atoms with Gasteiger partial charge >= 0.3 is 0 Å². The summed E-state index contributed by atoms with van der Waals surface area (Å²) in [5.74, 6) is -0.502. The molecule has 0 amide bonds. The molecule has 2 aliphatic heterocycles. The van der Waals surface area contributed by atoms with Crippen LogP contribution in [0, 0.1) is 0 Å². The van der Waals surface area contributed by atoms with Crippen molar-refractivity contribution >= 4 is 0 Å². The summed E-state index contributed by atoms with van der Waals surface area (Å²) in [6, 6.07) is 10.4. The predicted octanol–water partition coefficient (Wildman–Crippen LogP) is 2.04. The number of hydrogen-bond acceptors (Lipinski definition) is 4. The summed E-state index contributed by atoms with van der Waals surface area (Å²) in [7, 11) is 0. The molecule has 104 valence electrons. The predicted molar refractivity (Wildman–Crippen MR) is 71.5 cm³/mol. The zero-order valence-electron chi connectivity index (χ0n) is 11.5. The third kappa shape index (κ3) is 3.15. The van der Waals surface area contributed by atoms with E-state index in [-0.39, 0.29) is 18.5 Å². The lowest BCUT2D eigenvalue weighted by Crippen LogP contribution is -2.30. The van der Waals surface area contributed by atoms with Crippen LogP contribution in [0.1, 0.15) is 25.8 Å². The zero-order chi connectivity index (χ0) is 13.3. The lowest BCUT2D eigenvalue weighted by molar-refractivity contribution is -0.204. The maximum Gasteiger partial charge on any atom is 0.187 e. The molecule has 19 heavy (non-hydrogen) atoms. The van der Waals surface area contributed by atoms with E-state index in [2.05, 4.69) is 29.6 Å². The van der Waals surface area contributed by atoms with E-state index >= 15 is 0 Å². The van der Waals surface area contributed by atoms with Gasteiger partial charge in [0, 0.05) is 19.5 Å². The third-order valence-corrected chi connectivity index (χ3v) is 3.50. The highest BCUT2D eigenvalue weighted by Gasteiger charge is 2.48. The van der Waals surface area contributed by atoms with Crippen LogP contribution in [-0.4, -0.2) is 30.8 Å². The minimum atomic E-state index is -0.502. The van der Waals surface area contributed by atoms with Crippen LogP contribution in [-0.2, 0) is 20.8 Å². The first-order valence-electron chi connectivity index (χ1n) is 6.88. The van der Waals surface area contributed by atoms with Crippen molar-refractivity contribution in [3.05, 3.63) is 35.9 Å². The van der Waals surface area contributed by atoms with Gasteiger partial charge in [0.15, 0.2) is 12.1 Å². The van der Waals surface area contributed by atoms with Gasteiger partial charge in [0.2, 0.25) is 0 Å². The van der Waals surface area contributed by atoms with Crippen molar-refractivity contribution in [1.82, 2.24) is 5.32 Å². The van der Waals surface area contributed by atoms with Crippen LogP contribution in [0.3, 0.4) is 0 Å². The van der Waals surface area contributed by atoms with Gasteiger partial charge in [-0.3, -0.25) is 0 Å². The first kappa shape index (κ1) is 13.1. The van der Waals surface area contributed by atoms with Crippen LogP contribution >= 0.6 is 0 Å². The molecule has 2 heterocycles. The van der Waals surface area contributed by atoms with Crippen LogP contribution in [0.4, 0.5) is 0 Å². The molecule has 0 aromatic heterocycles. The van der Waals surface area contributed by atoms with Crippen molar-refractivity contribution in [1.29, 1.82) is 0 Å². The van der Waals surface area contributed by atoms with E-state index in [9.17, 15) is 0 Å². The highest BCUT2D eigenvalue weighted by Crippen LogP contribution is 2.36. The number of rotatable bonds is 4. The van der Waals surface area contributed by atoms with E-state index in [0.29, 0.717) is 0 Å². The minimum Gasteiger partial charge on any atom is -0.345 e. The van der Waals surface area contributed by atoms with Crippen LogP contribution in [0.5, 0.6) is 0 Å². The molecule has 2 saturated heterocycles.